The molecule has 0 aliphatic heterocycles. The van der Waals surface area contributed by atoms with Gasteiger partial charge >= 0.3 is 0 Å². The van der Waals surface area contributed by atoms with Crippen molar-refractivity contribution < 1.29 is 27.1 Å². The molecule has 8 nitrogen and oxygen atoms in total. The van der Waals surface area contributed by atoms with Crippen LogP contribution in [0.1, 0.15) is 45.6 Å². The standard InChI is InChI=1S/C26H36FN3O5S/c1-6-19(2)28-26(32)20(3)29(18-21-13-15-22(35-4)16-14-21)25(31)12-9-17-30(36(5,33)34)24-11-8-7-10-23(24)27/h7-8,10-11,13-16,19-20H,6,9,12,17-18H2,1-5H3,(H,28,32)/t19-,20+/m0/s1. The zero-order valence-electron chi connectivity index (χ0n) is 21.5. The van der Waals surface area contributed by atoms with Crippen LogP contribution in [0.15, 0.2) is 48.5 Å². The fourth-order valence-corrected chi connectivity index (χ4v) is 4.58. The first-order valence-corrected chi connectivity index (χ1v) is 13.8. The van der Waals surface area contributed by atoms with Crippen LogP contribution in [0.5, 0.6) is 5.75 Å². The van der Waals surface area contributed by atoms with Gasteiger partial charge in [-0.2, -0.15) is 0 Å². The molecule has 0 aliphatic rings. The number of ether oxygens (including phenoxy) is 1. The Bertz CT molecular complexity index is 1120. The smallest absolute Gasteiger partial charge is 0.242 e. The van der Waals surface area contributed by atoms with Gasteiger partial charge in [-0.05, 0) is 56.5 Å². The van der Waals surface area contributed by atoms with Crippen LogP contribution in [0.3, 0.4) is 0 Å². The molecule has 36 heavy (non-hydrogen) atoms. The number of amides is 2. The van der Waals surface area contributed by atoms with Gasteiger partial charge in [-0.1, -0.05) is 31.2 Å². The molecule has 0 bridgehead atoms. The summed E-state index contributed by atoms with van der Waals surface area (Å²) in [6, 6.07) is 12.0. The number of methoxy groups -OCH3 is 1. The number of rotatable bonds is 13. The number of carbonyl (C=O) groups excluding carboxylic acids is 2. The van der Waals surface area contributed by atoms with Gasteiger partial charge in [0.1, 0.15) is 17.6 Å². The zero-order chi connectivity index (χ0) is 26.9. The third kappa shape index (κ3) is 8.22. The normalized spacial score (nSPS) is 12.9. The summed E-state index contributed by atoms with van der Waals surface area (Å²) in [6.07, 6.45) is 1.89. The highest BCUT2D eigenvalue weighted by Crippen LogP contribution is 2.22. The molecule has 2 rings (SSSR count). The number of benzene rings is 2. The molecule has 0 radical (unpaired) electrons. The summed E-state index contributed by atoms with van der Waals surface area (Å²) in [5.74, 6) is -0.561. The van der Waals surface area contributed by atoms with E-state index in [4.69, 9.17) is 4.74 Å². The minimum atomic E-state index is -3.77. The topological polar surface area (TPSA) is 96.0 Å². The van der Waals surface area contributed by atoms with Crippen LogP contribution in [0.2, 0.25) is 0 Å². The van der Waals surface area contributed by atoms with Crippen LogP contribution >= 0.6 is 0 Å². The molecule has 0 spiro atoms. The summed E-state index contributed by atoms with van der Waals surface area (Å²) >= 11 is 0. The van der Waals surface area contributed by atoms with E-state index >= 15 is 0 Å². The van der Waals surface area contributed by atoms with Crippen molar-refractivity contribution in [2.75, 3.05) is 24.2 Å². The molecule has 0 saturated carbocycles. The average molecular weight is 522 g/mol. The van der Waals surface area contributed by atoms with Crippen LogP contribution in [-0.2, 0) is 26.2 Å². The molecule has 0 fully saturated rings. The highest BCUT2D eigenvalue weighted by atomic mass is 32.2. The molecule has 0 unspecified atom stereocenters. The SMILES string of the molecule is CC[C@H](C)NC(=O)[C@@H](C)N(Cc1ccc(OC)cc1)C(=O)CCCN(c1ccccc1F)S(C)(=O)=O. The second-order valence-corrected chi connectivity index (χ2v) is 10.7. The molecule has 1 N–H and O–H groups in total. The Kier molecular flexibility index (Phi) is 10.7. The number of nitrogens with zero attached hydrogens (tertiary/aromatic N) is 2. The third-order valence-corrected chi connectivity index (χ3v) is 7.13. The van der Waals surface area contributed by atoms with Gasteiger partial charge in [-0.15, -0.1) is 0 Å². The summed E-state index contributed by atoms with van der Waals surface area (Å²) in [5, 5.41) is 2.91. The van der Waals surface area contributed by atoms with E-state index in [1.165, 1.54) is 23.1 Å². The van der Waals surface area contributed by atoms with E-state index in [1.54, 1.807) is 32.2 Å². The Labute approximate surface area is 213 Å². The van der Waals surface area contributed by atoms with Crippen molar-refractivity contribution in [3.05, 3.63) is 59.9 Å². The second kappa shape index (κ2) is 13.2. The van der Waals surface area contributed by atoms with Gasteiger partial charge in [-0.3, -0.25) is 13.9 Å². The van der Waals surface area contributed by atoms with Gasteiger partial charge in [0.15, 0.2) is 0 Å². The maximum Gasteiger partial charge on any atom is 0.242 e. The Hall–Kier alpha value is -3.14. The molecule has 0 aliphatic carbocycles. The minimum Gasteiger partial charge on any atom is -0.497 e. The Morgan fingerprint density at radius 3 is 2.28 bits per heavy atom. The summed E-state index contributed by atoms with van der Waals surface area (Å²) in [6.45, 7) is 5.64. The predicted molar refractivity (Wildman–Crippen MR) is 139 cm³/mol. The molecule has 2 aromatic rings. The van der Waals surface area contributed by atoms with E-state index in [1.807, 2.05) is 26.0 Å². The number of hydrogen-bond acceptors (Lipinski definition) is 5. The van der Waals surface area contributed by atoms with Crippen molar-refractivity contribution in [3.63, 3.8) is 0 Å². The first kappa shape index (κ1) is 29.1. The number of sulfonamides is 1. The summed E-state index contributed by atoms with van der Waals surface area (Å²) in [5.41, 5.74) is 0.750. The fourth-order valence-electron chi connectivity index (χ4n) is 3.61. The van der Waals surface area contributed by atoms with Crippen LogP contribution in [-0.4, -0.2) is 57.1 Å². The van der Waals surface area contributed by atoms with Gasteiger partial charge in [0.05, 0.1) is 19.1 Å². The lowest BCUT2D eigenvalue weighted by Gasteiger charge is -2.30. The second-order valence-electron chi connectivity index (χ2n) is 8.75. The first-order chi connectivity index (χ1) is 17.0. The summed E-state index contributed by atoms with van der Waals surface area (Å²) in [4.78, 5) is 27.6. The molecule has 2 amide bonds. The van der Waals surface area contributed by atoms with Crippen molar-refractivity contribution in [2.24, 2.45) is 0 Å². The highest BCUT2D eigenvalue weighted by molar-refractivity contribution is 7.92. The molecule has 198 valence electrons. The maximum atomic E-state index is 14.3. The summed E-state index contributed by atoms with van der Waals surface area (Å²) in [7, 11) is -2.20. The van der Waals surface area contributed by atoms with E-state index in [-0.39, 0.29) is 49.5 Å². The third-order valence-electron chi connectivity index (χ3n) is 5.95. The number of anilines is 1. The zero-order valence-corrected chi connectivity index (χ0v) is 22.3. The van der Waals surface area contributed by atoms with E-state index in [0.717, 1.165) is 22.5 Å². The van der Waals surface area contributed by atoms with Crippen LogP contribution in [0.4, 0.5) is 10.1 Å². The molecule has 0 aromatic heterocycles. The van der Waals surface area contributed by atoms with E-state index < -0.39 is 21.9 Å². The maximum absolute atomic E-state index is 14.3. The number of halogens is 1. The van der Waals surface area contributed by atoms with Gasteiger partial charge in [-0.25, -0.2) is 12.8 Å². The Morgan fingerprint density at radius 2 is 1.72 bits per heavy atom. The molecule has 0 saturated heterocycles. The van der Waals surface area contributed by atoms with Gasteiger partial charge < -0.3 is 15.0 Å². The van der Waals surface area contributed by atoms with E-state index in [0.29, 0.717) is 5.75 Å². The molecular weight excluding hydrogens is 485 g/mol. The van der Waals surface area contributed by atoms with Gasteiger partial charge in [0.25, 0.3) is 0 Å². The fraction of sp³-hybridized carbons (Fsp3) is 0.462. The van der Waals surface area contributed by atoms with Gasteiger partial charge in [0, 0.05) is 25.6 Å². The van der Waals surface area contributed by atoms with Gasteiger partial charge in [0.2, 0.25) is 21.8 Å². The Balaban J connectivity index is 2.19. The lowest BCUT2D eigenvalue weighted by Crippen LogP contribution is -2.49. The average Bonchev–Trinajstić information content (AvgIpc) is 2.84. The molecule has 10 heteroatoms. The van der Waals surface area contributed by atoms with Crippen molar-refractivity contribution >= 4 is 27.5 Å². The lowest BCUT2D eigenvalue weighted by molar-refractivity contribution is -0.140. The number of carbonyl (C=O) groups is 2. The first-order valence-electron chi connectivity index (χ1n) is 11.9. The lowest BCUT2D eigenvalue weighted by atomic mass is 10.1. The van der Waals surface area contributed by atoms with E-state index in [2.05, 4.69) is 5.32 Å². The van der Waals surface area contributed by atoms with Crippen LogP contribution in [0, 0.1) is 5.82 Å². The molecule has 2 atom stereocenters. The summed E-state index contributed by atoms with van der Waals surface area (Å²) < 4.78 is 45.1. The number of nitrogens with one attached hydrogen (secondary N) is 1. The number of hydrogen-bond donors (Lipinski definition) is 1. The highest BCUT2D eigenvalue weighted by Gasteiger charge is 2.27. The van der Waals surface area contributed by atoms with Crippen molar-refractivity contribution in [3.8, 4) is 5.75 Å². The minimum absolute atomic E-state index is 0.0163. The van der Waals surface area contributed by atoms with Crippen molar-refractivity contribution in [2.45, 2.75) is 58.7 Å². The van der Waals surface area contributed by atoms with Crippen molar-refractivity contribution in [1.29, 1.82) is 0 Å². The monoisotopic (exact) mass is 521 g/mol. The molecule has 0 heterocycles. The Morgan fingerprint density at radius 1 is 1.08 bits per heavy atom. The predicted octanol–water partition coefficient (Wildman–Crippen LogP) is 3.71. The molecular formula is C26H36FN3O5S. The quantitative estimate of drug-likeness (QED) is 0.434. The van der Waals surface area contributed by atoms with E-state index in [9.17, 15) is 22.4 Å². The van der Waals surface area contributed by atoms with Crippen molar-refractivity contribution in [1.82, 2.24) is 10.2 Å². The number of para-hydroxylation sites is 1. The van der Waals surface area contributed by atoms with Crippen LogP contribution < -0.4 is 14.4 Å². The largest absolute Gasteiger partial charge is 0.497 e. The van der Waals surface area contributed by atoms with Crippen LogP contribution in [0.25, 0.3) is 0 Å². The molecule has 2 aromatic carbocycles.